The largest absolute Gasteiger partial charge is 0.453 e. The lowest BCUT2D eigenvalue weighted by Crippen LogP contribution is -2.80. The summed E-state index contributed by atoms with van der Waals surface area (Å²) in [4.78, 5) is 48.8. The van der Waals surface area contributed by atoms with Crippen molar-refractivity contribution in [2.75, 3.05) is 11.0 Å². The van der Waals surface area contributed by atoms with E-state index in [1.807, 2.05) is 24.3 Å². The average molecular weight is 701 g/mol. The molecule has 4 saturated heterocycles. The van der Waals surface area contributed by atoms with Gasteiger partial charge in [-0.05, 0) is 65.2 Å². The molecule has 6 rings (SSSR count). The van der Waals surface area contributed by atoms with Crippen LogP contribution in [-0.4, -0.2) is 84.6 Å². The van der Waals surface area contributed by atoms with E-state index in [1.54, 1.807) is 13.8 Å². The highest BCUT2D eigenvalue weighted by atomic mass is 127. The number of carbonyl (C=O) groups excluding carboxylic acids is 4. The summed E-state index contributed by atoms with van der Waals surface area (Å²) in [6.07, 6.45) is 12.4. The SMILES string of the molecule is C[C@@]12OC(=O)[C@]1([C@@H](O)[C@@H]1C=CCCC1)NC(=O)[C@@H]2CCI.C[C@@]12OC(=O)[C@]1([C@@H](O)[C@@H]1C=CCCC1)NC(=O)[C@@H]2CCO. The zero-order chi connectivity index (χ0) is 30.5. The maximum Gasteiger partial charge on any atom is 0.339 e. The average Bonchev–Trinajstić information content (AvgIpc) is 3.27. The second kappa shape index (κ2) is 11.5. The van der Waals surface area contributed by atoms with E-state index < -0.39 is 52.3 Å². The first-order valence-corrected chi connectivity index (χ1v) is 16.4. The van der Waals surface area contributed by atoms with Gasteiger partial charge in [0.25, 0.3) is 0 Å². The third-order valence-electron chi connectivity index (χ3n) is 10.5. The maximum absolute atomic E-state index is 12.3. The van der Waals surface area contributed by atoms with Gasteiger partial charge < -0.3 is 35.4 Å². The minimum Gasteiger partial charge on any atom is -0.453 e. The number of ether oxygens (including phenoxy) is 2. The molecule has 0 aromatic rings. The highest BCUT2D eigenvalue weighted by Gasteiger charge is 2.80. The summed E-state index contributed by atoms with van der Waals surface area (Å²) < 4.78 is 11.5. The van der Waals surface area contributed by atoms with Crippen LogP contribution in [0.25, 0.3) is 0 Å². The van der Waals surface area contributed by atoms with Gasteiger partial charge in [-0.2, -0.15) is 0 Å². The molecule has 0 spiro atoms. The lowest BCUT2D eigenvalue weighted by molar-refractivity contribution is -0.239. The van der Waals surface area contributed by atoms with Gasteiger partial charge in [0.1, 0.15) is 0 Å². The van der Waals surface area contributed by atoms with E-state index >= 15 is 0 Å². The van der Waals surface area contributed by atoms with Gasteiger partial charge in [-0.15, -0.1) is 0 Å². The summed E-state index contributed by atoms with van der Waals surface area (Å²) in [5.41, 5.74) is -4.67. The van der Waals surface area contributed by atoms with Crippen molar-refractivity contribution >= 4 is 46.3 Å². The lowest BCUT2D eigenvalue weighted by Gasteiger charge is -2.54. The van der Waals surface area contributed by atoms with Crippen LogP contribution in [0.15, 0.2) is 24.3 Å². The standard InChI is InChI=1S/C15H20INO4.C15H21NO5/c1-14-10(7-8-16)12(19)17-15(14,13(20)21-14)11(18)9-5-3-2-4-6-9;1-14-10(7-8-17)12(19)16-15(14,13(20)21-14)11(18)9-5-3-2-4-6-9/h3,5,9-11,18H,2,4,6-8H2,1H3,(H,17,19);3,5,9-11,17-18H,2,4,6-8H2,1H3,(H,16,19)/t2*9-,10+,11+,14+,15+/m11/s1. The molecular formula is C30H41IN2O9. The van der Waals surface area contributed by atoms with Crippen molar-refractivity contribution in [3.63, 3.8) is 0 Å². The minimum absolute atomic E-state index is 0.107. The summed E-state index contributed by atoms with van der Waals surface area (Å²) in [6, 6.07) is 0. The van der Waals surface area contributed by atoms with Crippen LogP contribution in [0.2, 0.25) is 0 Å². The van der Waals surface area contributed by atoms with Gasteiger partial charge in [0.2, 0.25) is 22.9 Å². The number of aliphatic hydroxyl groups is 3. The van der Waals surface area contributed by atoms with Gasteiger partial charge in [-0.1, -0.05) is 46.9 Å². The predicted molar refractivity (Wildman–Crippen MR) is 158 cm³/mol. The van der Waals surface area contributed by atoms with Crippen LogP contribution >= 0.6 is 22.6 Å². The molecule has 0 aromatic heterocycles. The van der Waals surface area contributed by atoms with Crippen LogP contribution in [0.3, 0.4) is 0 Å². The summed E-state index contributed by atoms with van der Waals surface area (Å²) in [5.74, 6) is -2.87. The van der Waals surface area contributed by atoms with E-state index in [1.165, 1.54) is 0 Å². The molecule has 0 aromatic carbocycles. The summed E-state index contributed by atoms with van der Waals surface area (Å²) in [5, 5.41) is 36.2. The van der Waals surface area contributed by atoms with Gasteiger partial charge in [0.05, 0.1) is 24.0 Å². The second-order valence-corrected chi connectivity index (χ2v) is 13.7. The number of allylic oxidation sites excluding steroid dienone is 2. The van der Waals surface area contributed by atoms with Crippen molar-refractivity contribution in [3.05, 3.63) is 24.3 Å². The van der Waals surface area contributed by atoms with Crippen molar-refractivity contribution in [2.45, 2.75) is 99.7 Å². The Kier molecular flexibility index (Phi) is 8.58. The molecule has 0 saturated carbocycles. The molecule has 11 nitrogen and oxygen atoms in total. The molecule has 2 aliphatic carbocycles. The predicted octanol–water partition coefficient (Wildman–Crippen LogP) is 1.22. The Morgan fingerprint density at radius 3 is 1.60 bits per heavy atom. The molecule has 6 aliphatic rings. The number of hydrogen-bond acceptors (Lipinski definition) is 9. The number of nitrogens with one attached hydrogen (secondary N) is 2. The second-order valence-electron chi connectivity index (χ2n) is 12.6. The van der Waals surface area contributed by atoms with Gasteiger partial charge in [0, 0.05) is 22.9 Å². The third-order valence-corrected chi connectivity index (χ3v) is 11.1. The minimum atomic E-state index is -1.38. The summed E-state index contributed by atoms with van der Waals surface area (Å²) in [7, 11) is 0. The van der Waals surface area contributed by atoms with Crippen LogP contribution < -0.4 is 10.6 Å². The van der Waals surface area contributed by atoms with Crippen LogP contribution in [0.5, 0.6) is 0 Å². The molecule has 12 heteroatoms. The number of carbonyl (C=O) groups is 4. The zero-order valence-electron chi connectivity index (χ0n) is 24.0. The Morgan fingerprint density at radius 2 is 1.26 bits per heavy atom. The van der Waals surface area contributed by atoms with Crippen molar-refractivity contribution in [3.8, 4) is 0 Å². The molecular weight excluding hydrogens is 659 g/mol. The maximum atomic E-state index is 12.3. The monoisotopic (exact) mass is 700 g/mol. The molecule has 4 aliphatic heterocycles. The molecule has 0 bridgehead atoms. The Labute approximate surface area is 259 Å². The van der Waals surface area contributed by atoms with Crippen molar-refractivity contribution in [2.24, 2.45) is 23.7 Å². The number of fused-ring (bicyclic) bond motifs is 2. The van der Waals surface area contributed by atoms with Crippen molar-refractivity contribution in [1.29, 1.82) is 0 Å². The fourth-order valence-electron chi connectivity index (χ4n) is 8.00. The van der Waals surface area contributed by atoms with Gasteiger partial charge in [-0.3, -0.25) is 9.59 Å². The molecule has 10 atom stereocenters. The van der Waals surface area contributed by atoms with E-state index in [4.69, 9.17) is 14.6 Å². The van der Waals surface area contributed by atoms with E-state index in [0.717, 1.165) is 43.0 Å². The van der Waals surface area contributed by atoms with Gasteiger partial charge >= 0.3 is 11.9 Å². The molecule has 42 heavy (non-hydrogen) atoms. The van der Waals surface area contributed by atoms with E-state index in [9.17, 15) is 29.4 Å². The van der Waals surface area contributed by atoms with Crippen molar-refractivity contribution < 1.29 is 44.0 Å². The lowest BCUT2D eigenvalue weighted by atomic mass is 9.64. The van der Waals surface area contributed by atoms with Gasteiger partial charge in [0.15, 0.2) is 11.2 Å². The number of halogens is 1. The first-order chi connectivity index (χ1) is 19.9. The zero-order valence-corrected chi connectivity index (χ0v) is 26.2. The molecule has 4 fully saturated rings. The number of esters is 2. The summed E-state index contributed by atoms with van der Waals surface area (Å²) >= 11 is 2.21. The number of aliphatic hydroxyl groups excluding tert-OH is 3. The van der Waals surface area contributed by atoms with Crippen LogP contribution in [0.4, 0.5) is 0 Å². The Hall–Kier alpha value is -2.03. The molecule has 0 radical (unpaired) electrons. The fourth-order valence-corrected chi connectivity index (χ4v) is 8.62. The van der Waals surface area contributed by atoms with Crippen LogP contribution in [0, 0.1) is 23.7 Å². The van der Waals surface area contributed by atoms with Gasteiger partial charge in [-0.25, -0.2) is 9.59 Å². The number of alkyl halides is 1. The number of hydrogen-bond donors (Lipinski definition) is 5. The van der Waals surface area contributed by atoms with Crippen LogP contribution in [-0.2, 0) is 28.7 Å². The third kappa shape index (κ3) is 4.29. The molecule has 0 unspecified atom stereocenters. The number of amides is 2. The van der Waals surface area contributed by atoms with E-state index in [2.05, 4.69) is 33.2 Å². The fraction of sp³-hybridized carbons (Fsp3) is 0.733. The normalized spacial score (nSPS) is 42.8. The van der Waals surface area contributed by atoms with Crippen LogP contribution in [0.1, 0.15) is 65.2 Å². The topological polar surface area (TPSA) is 171 Å². The molecule has 232 valence electrons. The smallest absolute Gasteiger partial charge is 0.339 e. The Bertz CT molecular complexity index is 1100. The molecule has 4 heterocycles. The first-order valence-electron chi connectivity index (χ1n) is 14.9. The molecule has 2 amide bonds. The highest BCUT2D eigenvalue weighted by molar-refractivity contribution is 14.1. The highest BCUT2D eigenvalue weighted by Crippen LogP contribution is 2.54. The number of rotatable bonds is 8. The van der Waals surface area contributed by atoms with Crippen molar-refractivity contribution in [1.82, 2.24) is 10.6 Å². The summed E-state index contributed by atoms with van der Waals surface area (Å²) in [6.45, 7) is 3.28. The Morgan fingerprint density at radius 1 is 0.833 bits per heavy atom. The quantitative estimate of drug-likeness (QED) is 0.108. The molecule has 5 N–H and O–H groups in total. The Balaban J connectivity index is 0.000000168. The van der Waals surface area contributed by atoms with E-state index in [-0.39, 0.29) is 42.6 Å². The first kappa shape index (κ1) is 31.4. The van der Waals surface area contributed by atoms with E-state index in [0.29, 0.717) is 6.42 Å².